The molecule has 6 nitrogen and oxygen atoms in total. The second kappa shape index (κ2) is 6.17. The molecule has 1 atom stereocenters. The van der Waals surface area contributed by atoms with E-state index in [2.05, 4.69) is 5.32 Å². The molecule has 2 rings (SSSR count). The van der Waals surface area contributed by atoms with E-state index in [1.165, 1.54) is 0 Å². The summed E-state index contributed by atoms with van der Waals surface area (Å²) in [6, 6.07) is 7.02. The summed E-state index contributed by atoms with van der Waals surface area (Å²) in [5, 5.41) is 2.59. The number of nitrogens with one attached hydrogen (secondary N) is 1. The van der Waals surface area contributed by atoms with Crippen LogP contribution < -0.4 is 5.32 Å². The lowest BCUT2D eigenvalue weighted by molar-refractivity contribution is -0.148. The minimum atomic E-state index is -0.936. The number of esters is 1. The number of nitrogens with zero attached hydrogens (tertiary/aromatic N) is 1. The van der Waals surface area contributed by atoms with E-state index in [-0.39, 0.29) is 13.2 Å². The lowest BCUT2D eigenvalue weighted by Crippen LogP contribution is -2.43. The third kappa shape index (κ3) is 3.27. The second-order valence-corrected chi connectivity index (χ2v) is 5.65. The quantitative estimate of drug-likeness (QED) is 0.664. The van der Waals surface area contributed by atoms with E-state index in [4.69, 9.17) is 4.74 Å². The fourth-order valence-electron chi connectivity index (χ4n) is 2.15. The monoisotopic (exact) mass is 304 g/mol. The lowest BCUT2D eigenvalue weighted by Gasteiger charge is -2.18. The van der Waals surface area contributed by atoms with E-state index >= 15 is 0 Å². The maximum absolute atomic E-state index is 12.2. The van der Waals surface area contributed by atoms with Gasteiger partial charge >= 0.3 is 12.0 Å². The molecular formula is C16H20N2O4. The summed E-state index contributed by atoms with van der Waals surface area (Å²) in [6.45, 7) is 5.17. The highest BCUT2D eigenvalue weighted by Gasteiger charge is 2.47. The summed E-state index contributed by atoms with van der Waals surface area (Å²) in [4.78, 5) is 36.7. The van der Waals surface area contributed by atoms with E-state index in [9.17, 15) is 14.4 Å². The molecule has 1 aliphatic heterocycles. The minimum Gasteiger partial charge on any atom is -0.459 e. The summed E-state index contributed by atoms with van der Waals surface area (Å²) in [5.74, 6) is -1.00. The zero-order chi connectivity index (χ0) is 16.3. The Bertz CT molecular complexity index is 597. The first-order valence-corrected chi connectivity index (χ1v) is 7.21. The summed E-state index contributed by atoms with van der Waals surface area (Å²) >= 11 is 0. The van der Waals surface area contributed by atoms with Crippen LogP contribution in [0.5, 0.6) is 0 Å². The van der Waals surface area contributed by atoms with Crippen molar-refractivity contribution in [1.29, 1.82) is 0 Å². The Morgan fingerprint density at radius 3 is 2.45 bits per heavy atom. The predicted molar refractivity (Wildman–Crippen MR) is 79.9 cm³/mol. The van der Waals surface area contributed by atoms with Crippen molar-refractivity contribution in [2.75, 3.05) is 6.54 Å². The Hall–Kier alpha value is -2.37. The summed E-state index contributed by atoms with van der Waals surface area (Å²) < 4.78 is 5.12. The van der Waals surface area contributed by atoms with Crippen LogP contribution in [0.4, 0.5) is 4.79 Å². The van der Waals surface area contributed by atoms with Gasteiger partial charge in [0.05, 0.1) is 0 Å². The number of carbonyl (C=O) groups excluding carboxylic acids is 3. The van der Waals surface area contributed by atoms with Crippen LogP contribution in [0.2, 0.25) is 0 Å². The van der Waals surface area contributed by atoms with Crippen molar-refractivity contribution in [2.45, 2.75) is 39.3 Å². The van der Waals surface area contributed by atoms with Gasteiger partial charge in [0.2, 0.25) is 0 Å². The molecule has 1 heterocycles. The highest BCUT2D eigenvalue weighted by atomic mass is 16.5. The average molecular weight is 304 g/mol. The molecule has 0 radical (unpaired) electrons. The number of hydrogen-bond donors (Lipinski definition) is 1. The number of benzene rings is 1. The van der Waals surface area contributed by atoms with Crippen molar-refractivity contribution in [3.8, 4) is 0 Å². The third-order valence-corrected chi connectivity index (χ3v) is 3.86. The molecule has 1 saturated heterocycles. The maximum Gasteiger partial charge on any atom is 0.326 e. The molecule has 1 aromatic rings. The van der Waals surface area contributed by atoms with E-state index < -0.39 is 23.4 Å². The van der Waals surface area contributed by atoms with Gasteiger partial charge in [-0.25, -0.2) is 4.79 Å². The molecule has 1 aromatic carbocycles. The molecule has 6 heteroatoms. The van der Waals surface area contributed by atoms with Crippen molar-refractivity contribution in [1.82, 2.24) is 10.2 Å². The molecule has 0 spiro atoms. The summed E-state index contributed by atoms with van der Waals surface area (Å²) in [5.41, 5.74) is 1.04. The highest BCUT2D eigenvalue weighted by molar-refractivity contribution is 6.08. The van der Waals surface area contributed by atoms with Gasteiger partial charge in [0.25, 0.3) is 5.91 Å². The van der Waals surface area contributed by atoms with Gasteiger partial charge in [0.1, 0.15) is 18.7 Å². The third-order valence-electron chi connectivity index (χ3n) is 3.86. The van der Waals surface area contributed by atoms with Gasteiger partial charge in [-0.05, 0) is 25.8 Å². The smallest absolute Gasteiger partial charge is 0.326 e. The van der Waals surface area contributed by atoms with Crippen LogP contribution in [0.3, 0.4) is 0 Å². The molecular weight excluding hydrogens is 284 g/mol. The SMILES string of the molecule is CC[C@@]1(C)NC(=O)N(CC(=O)OCc2ccc(C)cc2)C1=O. The van der Waals surface area contributed by atoms with Crippen LogP contribution >= 0.6 is 0 Å². The zero-order valence-electron chi connectivity index (χ0n) is 13.0. The van der Waals surface area contributed by atoms with Crippen LogP contribution in [0.1, 0.15) is 31.4 Å². The Kier molecular flexibility index (Phi) is 4.49. The molecule has 3 amide bonds. The Balaban J connectivity index is 1.91. The topological polar surface area (TPSA) is 75.7 Å². The van der Waals surface area contributed by atoms with Gasteiger partial charge in [0.15, 0.2) is 0 Å². The van der Waals surface area contributed by atoms with Crippen LogP contribution in [-0.4, -0.2) is 34.9 Å². The first kappa shape index (κ1) is 16.0. The number of ether oxygens (including phenoxy) is 1. The fraction of sp³-hybridized carbons (Fsp3) is 0.438. The molecule has 22 heavy (non-hydrogen) atoms. The number of urea groups is 1. The normalized spacial score (nSPS) is 21.0. The van der Waals surface area contributed by atoms with Gasteiger partial charge in [-0.2, -0.15) is 0 Å². The standard InChI is InChI=1S/C16H20N2O4/c1-4-16(3)14(20)18(15(21)17-16)9-13(19)22-10-12-7-5-11(2)6-8-12/h5-8H,4,9-10H2,1-3H3,(H,17,21)/t16-/m1/s1. The minimum absolute atomic E-state index is 0.119. The predicted octanol–water partition coefficient (Wildman–Crippen LogP) is 1.76. The maximum atomic E-state index is 12.2. The Morgan fingerprint density at radius 1 is 1.27 bits per heavy atom. The van der Waals surface area contributed by atoms with Crippen molar-refractivity contribution in [3.63, 3.8) is 0 Å². The largest absolute Gasteiger partial charge is 0.459 e. The first-order valence-electron chi connectivity index (χ1n) is 7.21. The molecule has 0 aromatic heterocycles. The fourth-order valence-corrected chi connectivity index (χ4v) is 2.15. The van der Waals surface area contributed by atoms with Crippen LogP contribution in [-0.2, 0) is 20.9 Å². The van der Waals surface area contributed by atoms with E-state index in [0.717, 1.165) is 16.0 Å². The second-order valence-electron chi connectivity index (χ2n) is 5.65. The molecule has 0 bridgehead atoms. The number of aryl methyl sites for hydroxylation is 1. The number of carbonyl (C=O) groups is 3. The average Bonchev–Trinajstić information content (AvgIpc) is 2.71. The lowest BCUT2D eigenvalue weighted by atomic mass is 9.99. The number of rotatable bonds is 5. The van der Waals surface area contributed by atoms with E-state index in [0.29, 0.717) is 6.42 Å². The first-order chi connectivity index (χ1) is 10.4. The molecule has 0 aliphatic carbocycles. The van der Waals surface area contributed by atoms with Crippen LogP contribution in [0.15, 0.2) is 24.3 Å². The molecule has 118 valence electrons. The van der Waals surface area contributed by atoms with Crippen LogP contribution in [0, 0.1) is 6.92 Å². The molecule has 1 fully saturated rings. The number of hydrogen-bond acceptors (Lipinski definition) is 4. The van der Waals surface area contributed by atoms with E-state index in [1.54, 1.807) is 13.8 Å². The molecule has 0 saturated carbocycles. The molecule has 0 unspecified atom stereocenters. The Labute approximate surface area is 129 Å². The zero-order valence-corrected chi connectivity index (χ0v) is 13.0. The molecule has 1 aliphatic rings. The van der Waals surface area contributed by atoms with Crippen molar-refractivity contribution < 1.29 is 19.1 Å². The van der Waals surface area contributed by atoms with Gasteiger partial charge < -0.3 is 10.1 Å². The summed E-state index contributed by atoms with van der Waals surface area (Å²) in [6.07, 6.45) is 0.465. The van der Waals surface area contributed by atoms with Crippen molar-refractivity contribution in [3.05, 3.63) is 35.4 Å². The van der Waals surface area contributed by atoms with Crippen LogP contribution in [0.25, 0.3) is 0 Å². The van der Waals surface area contributed by atoms with Gasteiger partial charge in [-0.15, -0.1) is 0 Å². The Morgan fingerprint density at radius 2 is 1.91 bits per heavy atom. The molecule has 1 N–H and O–H groups in total. The van der Waals surface area contributed by atoms with Crippen molar-refractivity contribution in [2.24, 2.45) is 0 Å². The van der Waals surface area contributed by atoms with Gasteiger partial charge in [0, 0.05) is 0 Å². The van der Waals surface area contributed by atoms with E-state index in [1.807, 2.05) is 31.2 Å². The highest BCUT2D eigenvalue weighted by Crippen LogP contribution is 2.20. The number of amides is 3. The van der Waals surface area contributed by atoms with Gasteiger partial charge in [-0.1, -0.05) is 36.8 Å². The van der Waals surface area contributed by atoms with Gasteiger partial charge in [-0.3, -0.25) is 14.5 Å². The van der Waals surface area contributed by atoms with Crippen molar-refractivity contribution >= 4 is 17.9 Å². The summed E-state index contributed by atoms with van der Waals surface area (Å²) in [7, 11) is 0. The number of imide groups is 1.